The Balaban J connectivity index is 0.000000137. The molecule has 0 bridgehead atoms. The van der Waals surface area contributed by atoms with Crippen molar-refractivity contribution in [2.45, 2.75) is 57.8 Å². The van der Waals surface area contributed by atoms with Crippen molar-refractivity contribution < 1.29 is 0 Å². The lowest BCUT2D eigenvalue weighted by atomic mass is 9.82. The molecule has 3 aliphatic carbocycles. The molecule has 0 atom stereocenters. The van der Waals surface area contributed by atoms with Crippen molar-refractivity contribution in [1.82, 2.24) is 33.6 Å². The Bertz CT molecular complexity index is 6520. The Hall–Kier alpha value is -12.6. The molecule has 0 aliphatic heterocycles. The average molecular weight is 1310 g/mol. The largest absolute Gasteiger partial charge is 0.309 e. The van der Waals surface area contributed by atoms with Crippen LogP contribution >= 0.6 is 0 Å². The summed E-state index contributed by atoms with van der Waals surface area (Å²) in [6.45, 7) is 13.9. The first-order valence-corrected chi connectivity index (χ1v) is 35.5. The Kier molecular flexibility index (Phi) is 13.0. The topological polar surface area (TPSA) is 66.3 Å². The van der Waals surface area contributed by atoms with Crippen LogP contribution in [0.4, 0.5) is 0 Å². The van der Waals surface area contributed by atoms with Gasteiger partial charge in [-0.25, -0.2) is 19.9 Å². The van der Waals surface area contributed by atoms with E-state index in [1.807, 2.05) is 12.1 Å². The highest BCUT2D eigenvalue weighted by atomic mass is 15.0. The summed E-state index contributed by atoms with van der Waals surface area (Å²) < 4.78 is 7.41. The minimum Gasteiger partial charge on any atom is -0.309 e. The minimum atomic E-state index is -0.291. The van der Waals surface area contributed by atoms with E-state index in [4.69, 9.17) is 19.9 Å². The van der Waals surface area contributed by atoms with Crippen LogP contribution in [-0.4, -0.2) is 33.6 Å². The van der Waals surface area contributed by atoms with Crippen molar-refractivity contribution in [2.24, 2.45) is 0 Å². The lowest BCUT2D eigenvalue weighted by Crippen LogP contribution is -2.17. The third kappa shape index (κ3) is 8.48. The number of aromatic nitrogens is 7. The van der Waals surface area contributed by atoms with E-state index >= 15 is 0 Å². The molecule has 0 unspecified atom stereocenters. The van der Waals surface area contributed by atoms with Crippen molar-refractivity contribution in [1.29, 1.82) is 0 Å². The van der Waals surface area contributed by atoms with Gasteiger partial charge in [-0.3, -0.25) is 0 Å². The smallest absolute Gasteiger partial charge is 0.160 e. The van der Waals surface area contributed by atoms with E-state index in [-0.39, 0.29) is 16.2 Å². The molecule has 0 N–H and O–H groups in total. The number of hydrogen-bond donors (Lipinski definition) is 0. The molecular weight excluding hydrogens is 1240 g/mol. The van der Waals surface area contributed by atoms with Crippen molar-refractivity contribution in [3.63, 3.8) is 0 Å². The number of fused-ring (bicyclic) bond motifs is 20. The van der Waals surface area contributed by atoms with Gasteiger partial charge in [-0.15, -0.1) is 0 Å². The second-order valence-corrected chi connectivity index (χ2v) is 29.2. The monoisotopic (exact) mass is 1310 g/mol. The molecule has 0 saturated heterocycles. The predicted molar refractivity (Wildman–Crippen MR) is 422 cm³/mol. The van der Waals surface area contributed by atoms with Crippen LogP contribution in [0.3, 0.4) is 0 Å². The molecule has 21 rings (SSSR count). The zero-order valence-corrected chi connectivity index (χ0v) is 57.6. The van der Waals surface area contributed by atoms with Crippen LogP contribution in [0.1, 0.15) is 75.2 Å². The van der Waals surface area contributed by atoms with Gasteiger partial charge in [0.2, 0.25) is 0 Å². The van der Waals surface area contributed by atoms with E-state index in [9.17, 15) is 0 Å². The van der Waals surface area contributed by atoms with E-state index in [1.165, 1.54) is 104 Å². The molecule has 0 radical (unpaired) electrons. The van der Waals surface area contributed by atoms with Crippen molar-refractivity contribution in [2.75, 3.05) is 0 Å². The predicted octanol–water partition coefficient (Wildman–Crippen LogP) is 23.8. The lowest BCUT2D eigenvalue weighted by molar-refractivity contribution is 0.636. The van der Waals surface area contributed by atoms with Crippen molar-refractivity contribution >= 4 is 65.4 Å². The number of para-hydroxylation sites is 6. The third-order valence-corrected chi connectivity index (χ3v) is 22.5. The van der Waals surface area contributed by atoms with Crippen LogP contribution in [-0.2, 0) is 16.2 Å². The highest BCUT2D eigenvalue weighted by Crippen LogP contribution is 2.57. The molecular formula is C95H69N7. The SMILES string of the molecule is CC1(C)c2ccccc2-c2c(-c3ccccc3-n3c4ccccc4c4ccc5c(c6ccccc6n5-c5ccccc5)c43)nc(-c3ccccc3)nc21.CC1(C)c2ccccc2-c2c1ccc1c3ccccc3n(-c3ccccc3-c3nc(-c4ccccc4)nc4c3-c3ccccc3C4(C)C)c21. The molecule has 13 aromatic carbocycles. The average Bonchev–Trinajstić information content (AvgIpc) is 1.50. The van der Waals surface area contributed by atoms with Gasteiger partial charge in [-0.1, -0.05) is 302 Å². The summed E-state index contributed by atoms with van der Waals surface area (Å²) in [5, 5.41) is 7.42. The Morgan fingerprint density at radius 1 is 0.245 bits per heavy atom. The van der Waals surface area contributed by atoms with Gasteiger partial charge in [-0.2, -0.15) is 0 Å². The van der Waals surface area contributed by atoms with Crippen LogP contribution in [0.15, 0.2) is 309 Å². The van der Waals surface area contributed by atoms with E-state index in [1.54, 1.807) is 0 Å². The number of nitrogens with zero attached hydrogens (tertiary/aromatic N) is 7. The van der Waals surface area contributed by atoms with Crippen LogP contribution in [0, 0.1) is 0 Å². The number of rotatable bonds is 7. The Morgan fingerprint density at radius 2 is 0.618 bits per heavy atom. The van der Waals surface area contributed by atoms with Gasteiger partial charge in [0.05, 0.1) is 67.3 Å². The van der Waals surface area contributed by atoms with Crippen LogP contribution in [0.25, 0.3) is 161 Å². The molecule has 7 nitrogen and oxygen atoms in total. The summed E-state index contributed by atoms with van der Waals surface area (Å²) in [4.78, 5) is 21.7. The van der Waals surface area contributed by atoms with Crippen LogP contribution < -0.4 is 0 Å². The minimum absolute atomic E-state index is 0.103. The fourth-order valence-corrected chi connectivity index (χ4v) is 17.8. The van der Waals surface area contributed by atoms with E-state index < -0.39 is 0 Å². The molecule has 484 valence electrons. The highest BCUT2D eigenvalue weighted by Gasteiger charge is 2.43. The van der Waals surface area contributed by atoms with E-state index in [0.29, 0.717) is 0 Å². The maximum Gasteiger partial charge on any atom is 0.160 e. The quantitative estimate of drug-likeness (QED) is 0.159. The fourth-order valence-electron chi connectivity index (χ4n) is 17.8. The van der Waals surface area contributed by atoms with Gasteiger partial charge in [0.25, 0.3) is 0 Å². The standard InChI is InChI=1S/C49H34N4.C46H35N3/c1-49(2)38-25-13-9-22-35(38)44-45(50-48(51-47(44)49)31-17-5-3-6-18-31)37-24-12-16-28-41(37)53-39-26-14-10-21-33(39)34-29-30-42-43(46(34)53)36-23-11-15-27-40(36)52(42)32-19-7-4-8-20-32;1-45(2)34-22-12-8-19-31(34)39-36(45)27-26-30-29-18-10-14-24-37(29)49(42(30)39)38-25-15-11-21-33(38)41-40-32-20-9-13-23-35(32)46(3,4)43(40)48-44(47-41)28-16-6-5-7-17-28/h3-30H,1-2H3;5-27H,1-4H3. The molecule has 5 aromatic heterocycles. The lowest BCUT2D eigenvalue weighted by Gasteiger charge is -2.22. The van der Waals surface area contributed by atoms with Gasteiger partial charge in [-0.05, 0) is 87.5 Å². The summed E-state index contributed by atoms with van der Waals surface area (Å²) in [5.74, 6) is 1.49. The van der Waals surface area contributed by atoms with Gasteiger partial charge in [0, 0.05) is 93.2 Å². The first-order chi connectivity index (χ1) is 49.9. The summed E-state index contributed by atoms with van der Waals surface area (Å²) in [6.07, 6.45) is 0. The molecule has 102 heavy (non-hydrogen) atoms. The Morgan fingerprint density at radius 3 is 1.13 bits per heavy atom. The third-order valence-electron chi connectivity index (χ3n) is 22.5. The molecule has 0 amide bonds. The molecule has 5 heterocycles. The van der Waals surface area contributed by atoms with Crippen molar-refractivity contribution in [3.8, 4) is 95.7 Å². The molecule has 18 aromatic rings. The van der Waals surface area contributed by atoms with E-state index in [0.717, 1.165) is 90.4 Å². The molecule has 3 aliphatic rings. The zero-order valence-electron chi connectivity index (χ0n) is 57.6. The van der Waals surface area contributed by atoms with Gasteiger partial charge < -0.3 is 13.7 Å². The molecule has 7 heteroatoms. The first kappa shape index (κ1) is 59.5. The van der Waals surface area contributed by atoms with Gasteiger partial charge in [0.15, 0.2) is 11.6 Å². The van der Waals surface area contributed by atoms with Crippen LogP contribution in [0.2, 0.25) is 0 Å². The zero-order chi connectivity index (χ0) is 68.3. The van der Waals surface area contributed by atoms with Crippen molar-refractivity contribution in [3.05, 3.63) is 343 Å². The maximum absolute atomic E-state index is 5.51. The van der Waals surface area contributed by atoms with Gasteiger partial charge >= 0.3 is 0 Å². The first-order valence-electron chi connectivity index (χ1n) is 35.5. The highest BCUT2D eigenvalue weighted by molar-refractivity contribution is 6.26. The number of hydrogen-bond acceptors (Lipinski definition) is 4. The normalized spacial score (nSPS) is 14.0. The molecule has 0 spiro atoms. The summed E-state index contributed by atoms with van der Waals surface area (Å²) in [5.41, 5.74) is 30.7. The van der Waals surface area contributed by atoms with E-state index in [2.05, 4.69) is 352 Å². The second-order valence-electron chi connectivity index (χ2n) is 29.2. The molecule has 0 fully saturated rings. The van der Waals surface area contributed by atoms with Crippen LogP contribution in [0.5, 0.6) is 0 Å². The second kappa shape index (κ2) is 22.2. The fraction of sp³-hybridized carbons (Fsp3) is 0.0947. The maximum atomic E-state index is 5.51. The van der Waals surface area contributed by atoms with Gasteiger partial charge in [0.1, 0.15) is 0 Å². The summed E-state index contributed by atoms with van der Waals surface area (Å²) >= 11 is 0. The molecule has 0 saturated carbocycles. The number of benzene rings is 13. The summed E-state index contributed by atoms with van der Waals surface area (Å²) in [7, 11) is 0. The summed E-state index contributed by atoms with van der Waals surface area (Å²) in [6, 6.07) is 111. The Labute approximate surface area is 592 Å².